The molecule has 7 nitrogen and oxygen atoms in total. The highest BCUT2D eigenvalue weighted by Gasteiger charge is 2.43. The van der Waals surface area contributed by atoms with Crippen molar-refractivity contribution in [3.8, 4) is 5.75 Å². The van der Waals surface area contributed by atoms with Gasteiger partial charge in [0.1, 0.15) is 11.6 Å². The number of carbonyl (C=O) groups is 2. The van der Waals surface area contributed by atoms with E-state index in [0.717, 1.165) is 50.4 Å². The highest BCUT2D eigenvalue weighted by Crippen LogP contribution is 2.38. The number of nitrogens with zero attached hydrogens (tertiary/aromatic N) is 2. The second-order valence-electron chi connectivity index (χ2n) is 11.3. The van der Waals surface area contributed by atoms with Gasteiger partial charge >= 0.3 is 0 Å². The number of ether oxygens (including phenoxy) is 2. The second-order valence-corrected chi connectivity index (χ2v) is 13.6. The maximum atomic E-state index is 13.8. The lowest BCUT2D eigenvalue weighted by atomic mass is 9.74. The predicted molar refractivity (Wildman–Crippen MR) is 176 cm³/mol. The van der Waals surface area contributed by atoms with Crippen molar-refractivity contribution in [3.63, 3.8) is 0 Å². The third kappa shape index (κ3) is 9.21. The number of hydrogen-bond donors (Lipinski definition) is 1. The number of benzene rings is 3. The Kier molecular flexibility index (Phi) is 11.1. The lowest BCUT2D eigenvalue weighted by Crippen LogP contribution is -2.57. The van der Waals surface area contributed by atoms with E-state index in [4.69, 9.17) is 44.3 Å². The zero-order valence-corrected chi connectivity index (χ0v) is 27.0. The SMILES string of the molecule is O=C(c1ccccc1)N(CC1=CC(Cc2ccc(F)cc2)(NC(=O)C(Cl)(Cl)Cl)C1)c1cccc(OCCCN2CCOCC2)c1. The van der Waals surface area contributed by atoms with Crippen molar-refractivity contribution < 1.29 is 23.5 Å². The molecule has 2 aliphatic rings. The molecule has 45 heavy (non-hydrogen) atoms. The molecule has 0 aromatic heterocycles. The van der Waals surface area contributed by atoms with Crippen molar-refractivity contribution in [1.82, 2.24) is 10.2 Å². The fourth-order valence-electron chi connectivity index (χ4n) is 5.63. The first-order valence-corrected chi connectivity index (χ1v) is 16.0. The fraction of sp³-hybridized carbons (Fsp3) is 0.353. The summed E-state index contributed by atoms with van der Waals surface area (Å²) in [6.45, 7) is 5.14. The molecule has 1 atom stereocenters. The third-order valence-corrected chi connectivity index (χ3v) is 8.34. The molecule has 1 unspecified atom stereocenters. The predicted octanol–water partition coefficient (Wildman–Crippen LogP) is 6.37. The van der Waals surface area contributed by atoms with Gasteiger partial charge in [-0.1, -0.05) is 77.3 Å². The molecule has 0 spiro atoms. The Morgan fingerprint density at radius 3 is 2.40 bits per heavy atom. The number of anilines is 1. The van der Waals surface area contributed by atoms with E-state index in [-0.39, 0.29) is 18.3 Å². The molecule has 2 amide bonds. The Balaban J connectivity index is 1.34. The fourth-order valence-corrected chi connectivity index (χ4v) is 5.78. The van der Waals surface area contributed by atoms with Gasteiger partial charge in [0, 0.05) is 43.5 Å². The van der Waals surface area contributed by atoms with E-state index in [0.29, 0.717) is 36.4 Å². The van der Waals surface area contributed by atoms with Crippen LogP contribution in [0, 0.1) is 5.82 Å². The van der Waals surface area contributed by atoms with Crippen LogP contribution in [-0.4, -0.2) is 72.0 Å². The van der Waals surface area contributed by atoms with Gasteiger partial charge in [-0.25, -0.2) is 4.39 Å². The van der Waals surface area contributed by atoms with Crippen LogP contribution in [0.5, 0.6) is 5.75 Å². The molecular formula is C34H35Cl3FN3O4. The van der Waals surface area contributed by atoms with Crippen molar-refractivity contribution >= 4 is 52.3 Å². The molecule has 1 fully saturated rings. The minimum atomic E-state index is -2.16. The van der Waals surface area contributed by atoms with Crippen LogP contribution in [0.1, 0.15) is 28.8 Å². The van der Waals surface area contributed by atoms with E-state index in [1.807, 2.05) is 48.5 Å². The van der Waals surface area contributed by atoms with Crippen molar-refractivity contribution in [1.29, 1.82) is 0 Å². The third-order valence-electron chi connectivity index (χ3n) is 7.82. The molecule has 0 saturated carbocycles. The van der Waals surface area contributed by atoms with Gasteiger partial charge < -0.3 is 19.7 Å². The summed E-state index contributed by atoms with van der Waals surface area (Å²) in [5.74, 6) is -0.632. The maximum Gasteiger partial charge on any atom is 0.272 e. The molecule has 5 rings (SSSR count). The monoisotopic (exact) mass is 673 g/mol. The molecule has 3 aromatic rings. The van der Waals surface area contributed by atoms with E-state index in [1.165, 1.54) is 12.1 Å². The first-order chi connectivity index (χ1) is 21.6. The molecule has 238 valence electrons. The summed E-state index contributed by atoms with van der Waals surface area (Å²) in [6.07, 6.45) is 3.51. The molecule has 1 aliphatic carbocycles. The Labute approximate surface area is 277 Å². The van der Waals surface area contributed by atoms with Crippen LogP contribution in [0.25, 0.3) is 0 Å². The van der Waals surface area contributed by atoms with Gasteiger partial charge in [-0.3, -0.25) is 14.5 Å². The van der Waals surface area contributed by atoms with E-state index in [2.05, 4.69) is 10.2 Å². The number of carbonyl (C=O) groups excluding carboxylic acids is 2. The molecular weight excluding hydrogens is 640 g/mol. The van der Waals surface area contributed by atoms with E-state index in [1.54, 1.807) is 29.2 Å². The average molecular weight is 675 g/mol. The highest BCUT2D eigenvalue weighted by atomic mass is 35.6. The van der Waals surface area contributed by atoms with E-state index in [9.17, 15) is 14.0 Å². The van der Waals surface area contributed by atoms with Gasteiger partial charge in [0.05, 0.1) is 25.4 Å². The number of hydrogen-bond acceptors (Lipinski definition) is 5. The maximum absolute atomic E-state index is 13.8. The van der Waals surface area contributed by atoms with Crippen LogP contribution in [0.4, 0.5) is 10.1 Å². The summed E-state index contributed by atoms with van der Waals surface area (Å²) in [5.41, 5.74) is 2.05. The van der Waals surface area contributed by atoms with Crippen LogP contribution in [-0.2, 0) is 16.0 Å². The number of rotatable bonds is 12. The van der Waals surface area contributed by atoms with Crippen molar-refractivity contribution in [2.45, 2.75) is 28.6 Å². The zero-order valence-electron chi connectivity index (χ0n) is 24.7. The van der Waals surface area contributed by atoms with Gasteiger partial charge in [-0.05, 0) is 66.8 Å². The minimum Gasteiger partial charge on any atom is -0.493 e. The summed E-state index contributed by atoms with van der Waals surface area (Å²) in [5, 5.41) is 2.86. The van der Waals surface area contributed by atoms with Gasteiger partial charge in [-0.15, -0.1) is 0 Å². The Hall–Kier alpha value is -3.14. The molecule has 0 bridgehead atoms. The number of alkyl halides is 3. The molecule has 3 aromatic carbocycles. The van der Waals surface area contributed by atoms with E-state index >= 15 is 0 Å². The molecule has 0 radical (unpaired) electrons. The Bertz CT molecular complexity index is 1490. The normalized spacial score (nSPS) is 18.4. The quantitative estimate of drug-likeness (QED) is 0.137. The van der Waals surface area contributed by atoms with Crippen LogP contribution in [0.3, 0.4) is 0 Å². The smallest absolute Gasteiger partial charge is 0.272 e. The first-order valence-electron chi connectivity index (χ1n) is 14.8. The Morgan fingerprint density at radius 1 is 1.00 bits per heavy atom. The summed E-state index contributed by atoms with van der Waals surface area (Å²) in [4.78, 5) is 30.6. The number of nitrogens with one attached hydrogen (secondary N) is 1. The lowest BCUT2D eigenvalue weighted by molar-refractivity contribution is -0.121. The van der Waals surface area contributed by atoms with Crippen molar-refractivity contribution in [3.05, 3.63) is 107 Å². The molecule has 1 N–H and O–H groups in total. The van der Waals surface area contributed by atoms with Crippen LogP contribution < -0.4 is 15.0 Å². The summed E-state index contributed by atoms with van der Waals surface area (Å²) < 4.78 is 22.9. The van der Waals surface area contributed by atoms with E-state index < -0.39 is 15.2 Å². The minimum absolute atomic E-state index is 0.178. The summed E-state index contributed by atoms with van der Waals surface area (Å²) in [7, 11) is 0. The average Bonchev–Trinajstić information content (AvgIpc) is 3.02. The van der Waals surface area contributed by atoms with Gasteiger partial charge in [0.15, 0.2) is 0 Å². The van der Waals surface area contributed by atoms with Gasteiger partial charge in [-0.2, -0.15) is 0 Å². The Morgan fingerprint density at radius 2 is 1.71 bits per heavy atom. The lowest BCUT2D eigenvalue weighted by Gasteiger charge is -2.43. The van der Waals surface area contributed by atoms with Crippen LogP contribution in [0.2, 0.25) is 0 Å². The molecule has 1 saturated heterocycles. The van der Waals surface area contributed by atoms with Crippen LogP contribution in [0.15, 0.2) is 90.5 Å². The zero-order chi connectivity index (χ0) is 31.9. The first kappa shape index (κ1) is 33.2. The largest absolute Gasteiger partial charge is 0.493 e. The number of morpholine rings is 1. The molecule has 1 aliphatic heterocycles. The highest BCUT2D eigenvalue weighted by molar-refractivity contribution is 6.76. The molecule has 11 heteroatoms. The summed E-state index contributed by atoms with van der Waals surface area (Å²) >= 11 is 17.6. The topological polar surface area (TPSA) is 71.1 Å². The summed E-state index contributed by atoms with van der Waals surface area (Å²) in [6, 6.07) is 22.6. The van der Waals surface area contributed by atoms with Gasteiger partial charge in [0.25, 0.3) is 15.6 Å². The van der Waals surface area contributed by atoms with Crippen molar-refractivity contribution in [2.24, 2.45) is 0 Å². The number of amides is 2. The van der Waals surface area contributed by atoms with Crippen molar-refractivity contribution in [2.75, 3.05) is 50.9 Å². The molecule has 1 heterocycles. The van der Waals surface area contributed by atoms with Gasteiger partial charge in [0.2, 0.25) is 0 Å². The second kappa shape index (κ2) is 15.0. The standard InChI is InChI=1S/C34H35Cl3FN3O4/c35-34(36,37)32(43)39-33(21-25-10-12-28(38)13-11-25)22-26(23-33)24-41(31(42)27-6-2-1-3-7-27)29-8-4-9-30(20-29)45-17-5-14-40-15-18-44-19-16-40/h1-4,6-13,20,22H,5,14-19,21,23-24H2,(H,39,43). The van der Waals surface area contributed by atoms with Crippen LogP contribution >= 0.6 is 34.8 Å². The number of halogens is 4.